The van der Waals surface area contributed by atoms with Crippen LogP contribution in [-0.4, -0.2) is 126 Å². The Kier molecular flexibility index (Phi) is 9.95. The van der Waals surface area contributed by atoms with Crippen molar-refractivity contribution < 1.29 is 38.5 Å². The first-order valence-electron chi connectivity index (χ1n) is 16.0. The number of nitrogens with one attached hydrogen (secondary N) is 1. The molecule has 0 aliphatic carbocycles. The number of hydrogen-bond donors (Lipinski definition) is 2. The lowest BCUT2D eigenvalue weighted by Gasteiger charge is -2.38. The van der Waals surface area contributed by atoms with Gasteiger partial charge >= 0.3 is 5.97 Å². The number of fused-ring (bicyclic) bond motifs is 2. The molecule has 6 rings (SSSR count). The molecule has 1 aromatic carbocycles. The molecule has 2 N–H and O–H groups in total. The van der Waals surface area contributed by atoms with Gasteiger partial charge in [-0.25, -0.2) is 0 Å². The van der Waals surface area contributed by atoms with Gasteiger partial charge in [-0.1, -0.05) is 58.4 Å². The molecule has 3 fully saturated rings. The summed E-state index contributed by atoms with van der Waals surface area (Å²) in [6, 6.07) is 6.74. The maximum atomic E-state index is 14.7. The molecule has 248 valence electrons. The predicted molar refractivity (Wildman–Crippen MR) is 169 cm³/mol. The molecule has 12 nitrogen and oxygen atoms in total. The molecule has 0 saturated carbocycles. The fourth-order valence-corrected chi connectivity index (χ4v) is 8.03. The highest BCUT2D eigenvalue weighted by molar-refractivity contribution is 9.11. The summed E-state index contributed by atoms with van der Waals surface area (Å²) in [4.78, 5) is 61.3. The minimum Gasteiger partial charge on any atom is -0.463 e. The van der Waals surface area contributed by atoms with E-state index in [1.54, 1.807) is 17.9 Å². The monoisotopic (exact) mass is 700 g/mol. The summed E-state index contributed by atoms with van der Waals surface area (Å²) in [6.45, 7) is 5.24. The lowest BCUT2D eigenvalue weighted by atomic mass is 9.74. The van der Waals surface area contributed by atoms with E-state index in [1.165, 1.54) is 4.90 Å². The van der Waals surface area contributed by atoms with Crippen LogP contribution in [-0.2, 0) is 33.4 Å². The molecule has 1 spiro atoms. The van der Waals surface area contributed by atoms with Crippen LogP contribution in [0.15, 0.2) is 53.0 Å². The summed E-state index contributed by atoms with van der Waals surface area (Å²) >= 11 is 3.59. The van der Waals surface area contributed by atoms with E-state index in [4.69, 9.17) is 14.2 Å². The Hall–Kier alpha value is -3.10. The number of aliphatic hydroxyl groups is 1. The van der Waals surface area contributed by atoms with Crippen molar-refractivity contribution in [2.75, 3.05) is 59.2 Å². The van der Waals surface area contributed by atoms with Gasteiger partial charge in [0.25, 0.3) is 0 Å². The number of aliphatic hydroxyl groups excluding tert-OH is 1. The van der Waals surface area contributed by atoms with Gasteiger partial charge in [-0.3, -0.25) is 24.1 Å². The summed E-state index contributed by atoms with van der Waals surface area (Å²) < 4.78 is 18.3. The highest BCUT2D eigenvalue weighted by Crippen LogP contribution is 2.59. The molecule has 5 bridgehead atoms. The number of benzene rings is 1. The van der Waals surface area contributed by atoms with Crippen molar-refractivity contribution in [2.45, 2.75) is 49.6 Å². The summed E-state index contributed by atoms with van der Waals surface area (Å²) in [5.41, 5.74) is -0.667. The number of carbonyl (C=O) groups is 4. The maximum absolute atomic E-state index is 14.7. The summed E-state index contributed by atoms with van der Waals surface area (Å²) in [5.74, 6) is -3.53. The number of ether oxygens (including phenoxy) is 3. The number of cyclic esters (lactones) is 1. The van der Waals surface area contributed by atoms with Gasteiger partial charge in [-0.15, -0.1) is 0 Å². The van der Waals surface area contributed by atoms with Gasteiger partial charge in [0.2, 0.25) is 17.7 Å². The van der Waals surface area contributed by atoms with Crippen LogP contribution >= 0.6 is 15.9 Å². The average Bonchev–Trinajstić information content (AvgIpc) is 3.67. The van der Waals surface area contributed by atoms with Crippen LogP contribution in [0.1, 0.15) is 31.4 Å². The van der Waals surface area contributed by atoms with Crippen LogP contribution in [0.3, 0.4) is 0 Å². The first kappa shape index (κ1) is 32.8. The van der Waals surface area contributed by atoms with Gasteiger partial charge in [-0.05, 0) is 25.0 Å². The number of halogens is 1. The quantitative estimate of drug-likeness (QED) is 0.331. The number of esters is 1. The van der Waals surface area contributed by atoms with Gasteiger partial charge in [0.15, 0.2) is 0 Å². The summed E-state index contributed by atoms with van der Waals surface area (Å²) in [6.07, 6.45) is 5.26. The fourth-order valence-electron chi connectivity index (χ4n) is 7.29. The first-order chi connectivity index (χ1) is 22.2. The van der Waals surface area contributed by atoms with E-state index in [-0.39, 0.29) is 32.1 Å². The third-order valence-electron chi connectivity index (χ3n) is 9.68. The minimum absolute atomic E-state index is 0.0819. The summed E-state index contributed by atoms with van der Waals surface area (Å²) in [5, 5.41) is 13.3. The molecular weight excluding hydrogens is 660 g/mol. The van der Waals surface area contributed by atoms with Crippen LogP contribution in [0.2, 0.25) is 0 Å². The molecule has 46 heavy (non-hydrogen) atoms. The second-order valence-electron chi connectivity index (χ2n) is 12.5. The lowest BCUT2D eigenvalue weighted by Crippen LogP contribution is -2.58. The number of rotatable bonds is 6. The van der Waals surface area contributed by atoms with Crippen molar-refractivity contribution in [3.63, 3.8) is 0 Å². The van der Waals surface area contributed by atoms with Crippen LogP contribution < -0.4 is 5.32 Å². The predicted octanol–water partition coefficient (Wildman–Crippen LogP) is 1.15. The lowest BCUT2D eigenvalue weighted by molar-refractivity contribution is -0.150. The molecule has 13 heteroatoms. The Labute approximate surface area is 276 Å². The van der Waals surface area contributed by atoms with E-state index in [1.807, 2.05) is 42.5 Å². The minimum atomic E-state index is -1.41. The zero-order valence-corrected chi connectivity index (χ0v) is 27.5. The number of nitrogens with zero attached hydrogens (tertiary/aromatic N) is 3. The third-order valence-corrected chi connectivity index (χ3v) is 10.4. The highest BCUT2D eigenvalue weighted by atomic mass is 79.9. The van der Waals surface area contributed by atoms with Crippen LogP contribution in [0.4, 0.5) is 0 Å². The second kappa shape index (κ2) is 13.9. The normalized spacial score (nSPS) is 33.8. The molecular formula is C33H41BrN4O8. The Morgan fingerprint density at radius 1 is 1.07 bits per heavy atom. The molecule has 0 radical (unpaired) electrons. The van der Waals surface area contributed by atoms with E-state index in [2.05, 4.69) is 26.1 Å². The van der Waals surface area contributed by atoms with Crippen molar-refractivity contribution >= 4 is 39.6 Å². The molecule has 5 aliphatic heterocycles. The van der Waals surface area contributed by atoms with Gasteiger partial charge in [0, 0.05) is 43.6 Å². The van der Waals surface area contributed by atoms with Gasteiger partial charge in [0.05, 0.1) is 43.7 Å². The van der Waals surface area contributed by atoms with Crippen LogP contribution in [0, 0.1) is 11.8 Å². The second-order valence-corrected chi connectivity index (χ2v) is 13.4. The molecule has 1 aromatic rings. The largest absolute Gasteiger partial charge is 0.463 e. The van der Waals surface area contributed by atoms with Crippen molar-refractivity contribution in [1.29, 1.82) is 0 Å². The van der Waals surface area contributed by atoms with Gasteiger partial charge < -0.3 is 34.4 Å². The highest BCUT2D eigenvalue weighted by Gasteiger charge is 2.75. The van der Waals surface area contributed by atoms with E-state index in [0.29, 0.717) is 37.2 Å². The molecule has 0 unspecified atom stereocenters. The number of allylic oxidation sites excluding steroid dienone is 1. The Balaban J connectivity index is 1.38. The molecule has 3 amide bonds. The number of carbonyl (C=O) groups excluding carboxylic acids is 4. The summed E-state index contributed by atoms with van der Waals surface area (Å²) in [7, 11) is 0. The smallest absolute Gasteiger partial charge is 0.306 e. The Morgan fingerprint density at radius 2 is 1.83 bits per heavy atom. The topological polar surface area (TPSA) is 138 Å². The van der Waals surface area contributed by atoms with E-state index in [9.17, 15) is 24.3 Å². The average molecular weight is 702 g/mol. The maximum Gasteiger partial charge on any atom is 0.306 e. The molecule has 5 heterocycles. The van der Waals surface area contributed by atoms with E-state index >= 15 is 0 Å². The first-order valence-corrected chi connectivity index (χ1v) is 16.8. The zero-order valence-electron chi connectivity index (χ0n) is 25.9. The van der Waals surface area contributed by atoms with Crippen molar-refractivity contribution in [2.24, 2.45) is 11.8 Å². The standard InChI is InChI=1S/C33H41BrN4O8/c1-21(19-39)38-29-32(43)37(13-12-36-14-16-44-17-15-36)11-7-3-6-10-25(40)45-20-24(22-8-4-2-5-9-22)35-30(41)26-27(31(38)42)33(29)18-23(34)28(26)46-33/h2-5,7-9,18,21,24,26-29,39H,6,10-17,19-20H2,1H3,(H,35,41)/b7-3-/t21-,24-,26-,27+,28-,29-,33+/m1/s1. The zero-order chi connectivity index (χ0) is 32.4. The number of morpholine rings is 1. The number of amides is 3. The van der Waals surface area contributed by atoms with Crippen molar-refractivity contribution in [1.82, 2.24) is 20.0 Å². The molecule has 3 saturated heterocycles. The van der Waals surface area contributed by atoms with Gasteiger partial charge in [-0.2, -0.15) is 0 Å². The van der Waals surface area contributed by atoms with Crippen molar-refractivity contribution in [3.05, 3.63) is 58.6 Å². The molecule has 7 atom stereocenters. The van der Waals surface area contributed by atoms with E-state index in [0.717, 1.165) is 18.7 Å². The molecule has 0 aromatic heterocycles. The fraction of sp³-hybridized carbons (Fsp3) is 0.576. The Morgan fingerprint density at radius 3 is 2.57 bits per heavy atom. The third kappa shape index (κ3) is 6.15. The van der Waals surface area contributed by atoms with Crippen LogP contribution in [0.5, 0.6) is 0 Å². The number of hydrogen-bond acceptors (Lipinski definition) is 9. The Bertz CT molecular complexity index is 1380. The SMILES string of the molecule is C[C@H](CO)N1C(=O)[C@@H]2[C@H]3C(=O)N[C@@H](c4ccccc4)COC(=O)CC/C=C\CN(CCN4CCOCC4)C(=O)[C@@H]1[C@]21C=C(Br)[C@H]3O1. The molecule has 5 aliphatic rings. The van der Waals surface area contributed by atoms with Crippen LogP contribution in [0.25, 0.3) is 0 Å². The van der Waals surface area contributed by atoms with Crippen molar-refractivity contribution in [3.8, 4) is 0 Å². The number of likely N-dealkylation sites (tertiary alicyclic amines) is 1. The van der Waals surface area contributed by atoms with E-state index < -0.39 is 59.5 Å². The van der Waals surface area contributed by atoms with Gasteiger partial charge in [0.1, 0.15) is 24.4 Å².